The predicted octanol–water partition coefficient (Wildman–Crippen LogP) is 9.76. The van der Waals surface area contributed by atoms with Gasteiger partial charge in [0.05, 0.1) is 29.9 Å². The van der Waals surface area contributed by atoms with E-state index in [1.807, 2.05) is 66.7 Å². The molecule has 0 aromatic heterocycles. The zero-order chi connectivity index (χ0) is 37.4. The molecular formula is C47H38O6. The van der Waals surface area contributed by atoms with E-state index in [0.29, 0.717) is 70.6 Å². The fourth-order valence-corrected chi connectivity index (χ4v) is 5.49. The molecule has 0 saturated heterocycles. The van der Waals surface area contributed by atoms with Crippen LogP contribution < -0.4 is 0 Å². The minimum absolute atomic E-state index is 0.172. The summed E-state index contributed by atoms with van der Waals surface area (Å²) >= 11 is 0. The second-order valence-corrected chi connectivity index (χ2v) is 11.9. The summed E-state index contributed by atoms with van der Waals surface area (Å²) in [6, 6.07) is 34.2. The molecule has 0 bridgehead atoms. The number of benzene rings is 5. The molecule has 6 nitrogen and oxygen atoms in total. The topological polar surface area (TPSA) is 89.9 Å². The third-order valence-corrected chi connectivity index (χ3v) is 8.22. The van der Waals surface area contributed by atoms with Gasteiger partial charge in [-0.3, -0.25) is 0 Å². The van der Waals surface area contributed by atoms with Crippen LogP contribution in [0.15, 0.2) is 141 Å². The van der Waals surface area contributed by atoms with Crippen LogP contribution in [0.25, 0.3) is 22.3 Å². The van der Waals surface area contributed by atoms with Crippen LogP contribution in [0.2, 0.25) is 0 Å². The molecule has 5 aromatic rings. The molecule has 5 aromatic carbocycles. The average molecular weight is 699 g/mol. The summed E-state index contributed by atoms with van der Waals surface area (Å²) in [6.07, 6.45) is 6.52. The number of carbonyl (C=O) groups is 3. The Hall–Kier alpha value is -6.89. The fourth-order valence-electron chi connectivity index (χ4n) is 5.49. The summed E-state index contributed by atoms with van der Waals surface area (Å²) in [7, 11) is 0. The quantitative estimate of drug-likeness (QED) is 0.0570. The Morgan fingerprint density at radius 3 is 1.36 bits per heavy atom. The molecule has 0 atom stereocenters. The summed E-state index contributed by atoms with van der Waals surface area (Å²) in [6.45, 7) is 7.98. The second-order valence-electron chi connectivity index (χ2n) is 11.9. The van der Waals surface area contributed by atoms with Gasteiger partial charge >= 0.3 is 17.9 Å². The molecule has 0 unspecified atom stereocenters. The lowest BCUT2D eigenvalue weighted by molar-refractivity contribution is 0.0491. The van der Waals surface area contributed by atoms with E-state index in [9.17, 15) is 19.5 Å². The largest absolute Gasteiger partial charge is 0.478 e. The Labute approximate surface area is 310 Å². The van der Waals surface area contributed by atoms with Crippen molar-refractivity contribution in [3.63, 3.8) is 0 Å². The van der Waals surface area contributed by atoms with E-state index in [2.05, 4.69) is 36.8 Å². The number of hydrogen-bond acceptors (Lipinski definition) is 5. The Balaban J connectivity index is 1.34. The summed E-state index contributed by atoms with van der Waals surface area (Å²) in [4.78, 5) is 38.0. The van der Waals surface area contributed by atoms with E-state index < -0.39 is 17.9 Å². The lowest BCUT2D eigenvalue weighted by Gasteiger charge is -2.12. The van der Waals surface area contributed by atoms with Crippen molar-refractivity contribution >= 4 is 17.9 Å². The number of rotatable bonds is 13. The first-order chi connectivity index (χ1) is 25.9. The van der Waals surface area contributed by atoms with E-state index in [1.165, 1.54) is 0 Å². The molecule has 53 heavy (non-hydrogen) atoms. The van der Waals surface area contributed by atoms with Crippen molar-refractivity contribution in [2.24, 2.45) is 0 Å². The average Bonchev–Trinajstić information content (AvgIpc) is 3.19. The van der Waals surface area contributed by atoms with E-state index in [1.54, 1.807) is 60.7 Å². The summed E-state index contributed by atoms with van der Waals surface area (Å²) in [5.74, 6) is 10.5. The molecule has 0 heterocycles. The van der Waals surface area contributed by atoms with Gasteiger partial charge in [-0.1, -0.05) is 103 Å². The van der Waals surface area contributed by atoms with Crippen LogP contribution in [0.1, 0.15) is 79.0 Å². The highest BCUT2D eigenvalue weighted by molar-refractivity contribution is 6.03. The number of carboxylic acid groups (broad SMARTS) is 1. The van der Waals surface area contributed by atoms with Gasteiger partial charge in [0.15, 0.2) is 0 Å². The van der Waals surface area contributed by atoms with Gasteiger partial charge in [-0.15, -0.1) is 13.2 Å². The molecule has 0 spiro atoms. The Morgan fingerprint density at radius 1 is 0.547 bits per heavy atom. The molecular weight excluding hydrogens is 661 g/mol. The summed E-state index contributed by atoms with van der Waals surface area (Å²) in [5, 5.41) is 10.4. The van der Waals surface area contributed by atoms with Crippen LogP contribution in [0.4, 0.5) is 0 Å². The number of aromatic carboxylic acids is 1. The third kappa shape index (κ3) is 10.1. The highest BCUT2D eigenvalue weighted by atomic mass is 16.5. The Bertz CT molecular complexity index is 2090. The minimum Gasteiger partial charge on any atom is -0.478 e. The van der Waals surface area contributed by atoms with Crippen molar-refractivity contribution in [1.29, 1.82) is 0 Å². The number of carboxylic acids is 1. The van der Waals surface area contributed by atoms with Gasteiger partial charge in [0.25, 0.3) is 0 Å². The van der Waals surface area contributed by atoms with Crippen LogP contribution in [0, 0.1) is 23.7 Å². The highest BCUT2D eigenvalue weighted by Gasteiger charge is 2.18. The van der Waals surface area contributed by atoms with E-state index in [-0.39, 0.29) is 5.56 Å². The fraction of sp³-hybridized carbons (Fsp3) is 0.128. The molecule has 0 aliphatic heterocycles. The predicted molar refractivity (Wildman–Crippen MR) is 209 cm³/mol. The molecule has 0 fully saturated rings. The van der Waals surface area contributed by atoms with Gasteiger partial charge in [0.2, 0.25) is 0 Å². The molecule has 6 heteroatoms. The zero-order valence-electron chi connectivity index (χ0n) is 29.3. The van der Waals surface area contributed by atoms with Gasteiger partial charge in [0, 0.05) is 22.3 Å². The van der Waals surface area contributed by atoms with Gasteiger partial charge < -0.3 is 14.6 Å². The molecule has 0 saturated carbocycles. The molecule has 5 rings (SSSR count). The van der Waals surface area contributed by atoms with Crippen molar-refractivity contribution in [3.05, 3.63) is 180 Å². The number of allylic oxidation sites excluding steroid dienone is 2. The maximum absolute atomic E-state index is 12.7. The second kappa shape index (κ2) is 18.9. The maximum atomic E-state index is 12.7. The van der Waals surface area contributed by atoms with Gasteiger partial charge in [-0.2, -0.15) is 0 Å². The molecule has 0 aliphatic carbocycles. The minimum atomic E-state index is -1.05. The third-order valence-electron chi connectivity index (χ3n) is 8.22. The van der Waals surface area contributed by atoms with Crippen molar-refractivity contribution in [2.45, 2.75) is 25.7 Å². The lowest BCUT2D eigenvalue weighted by Crippen LogP contribution is -2.08. The normalized spacial score (nSPS) is 10.1. The first-order valence-corrected chi connectivity index (χ1v) is 17.2. The number of esters is 2. The highest BCUT2D eigenvalue weighted by Crippen LogP contribution is 2.33. The van der Waals surface area contributed by atoms with E-state index in [0.717, 1.165) is 24.0 Å². The maximum Gasteiger partial charge on any atom is 0.339 e. The molecule has 262 valence electrons. The molecule has 1 N–H and O–H groups in total. The standard InChI is InChI=1S/C47H38O6/c1-3-5-11-32-52-46(50)42-16-9-7-14-36(42)26-20-34-22-28-38(29-23-34)40-18-13-19-41(44(40)45(48)49)39-30-24-35(25-31-39)21-27-37-15-8-10-17-43(37)47(51)53-33-12-6-4-2/h3-4,7-10,13-19,22-25,28-31H,1-2,5-6,11-12,32-33H2,(H,48,49). The van der Waals surface area contributed by atoms with Crippen LogP contribution in [0.3, 0.4) is 0 Å². The Morgan fingerprint density at radius 2 is 0.962 bits per heavy atom. The lowest BCUT2D eigenvalue weighted by atomic mass is 9.91. The van der Waals surface area contributed by atoms with Crippen LogP contribution in [-0.2, 0) is 9.47 Å². The van der Waals surface area contributed by atoms with E-state index in [4.69, 9.17) is 9.47 Å². The van der Waals surface area contributed by atoms with Crippen molar-refractivity contribution in [1.82, 2.24) is 0 Å². The van der Waals surface area contributed by atoms with Gasteiger partial charge in [0.1, 0.15) is 0 Å². The van der Waals surface area contributed by atoms with Crippen molar-refractivity contribution in [2.75, 3.05) is 13.2 Å². The Kier molecular flexibility index (Phi) is 13.3. The van der Waals surface area contributed by atoms with Gasteiger partial charge in [-0.25, -0.2) is 14.4 Å². The molecule has 0 aliphatic rings. The zero-order valence-corrected chi connectivity index (χ0v) is 29.3. The number of ether oxygens (including phenoxy) is 2. The first kappa shape index (κ1) is 37.4. The van der Waals surface area contributed by atoms with Crippen LogP contribution in [-0.4, -0.2) is 36.2 Å². The van der Waals surface area contributed by atoms with Crippen LogP contribution >= 0.6 is 0 Å². The smallest absolute Gasteiger partial charge is 0.339 e. The summed E-state index contributed by atoms with van der Waals surface area (Å²) < 4.78 is 10.8. The SMILES string of the molecule is C=CCCCOC(=O)c1ccccc1C#Cc1ccc(-c2cccc(-c3ccc(C#Cc4ccccc4C(=O)OCCCC=C)cc3)c2C(=O)O)cc1. The van der Waals surface area contributed by atoms with Crippen molar-refractivity contribution < 1.29 is 29.0 Å². The van der Waals surface area contributed by atoms with Crippen molar-refractivity contribution in [3.8, 4) is 45.9 Å². The molecule has 0 radical (unpaired) electrons. The van der Waals surface area contributed by atoms with E-state index >= 15 is 0 Å². The monoisotopic (exact) mass is 698 g/mol. The van der Waals surface area contributed by atoms with Crippen LogP contribution in [0.5, 0.6) is 0 Å². The number of carbonyl (C=O) groups excluding carboxylic acids is 2. The number of unbranched alkanes of at least 4 members (excludes halogenated alkanes) is 2. The number of hydrogen-bond donors (Lipinski definition) is 1. The summed E-state index contributed by atoms with van der Waals surface area (Å²) in [5.41, 5.74) is 6.07. The molecule has 0 amide bonds. The first-order valence-electron chi connectivity index (χ1n) is 17.2. The van der Waals surface area contributed by atoms with Gasteiger partial charge in [-0.05, 0) is 96.5 Å².